The number of amides is 1. The number of hydrogen-bond acceptors (Lipinski definition) is 5. The summed E-state index contributed by atoms with van der Waals surface area (Å²) in [5.41, 5.74) is 0.532. The average molecular weight is 368 g/mol. The van der Waals surface area contributed by atoms with Crippen molar-refractivity contribution in [2.75, 3.05) is 18.4 Å². The Balaban J connectivity index is 1.50. The van der Waals surface area contributed by atoms with Crippen molar-refractivity contribution in [3.8, 4) is 0 Å². The Labute approximate surface area is 157 Å². The molecule has 1 aliphatic heterocycles. The first-order valence-corrected chi connectivity index (χ1v) is 9.05. The van der Waals surface area contributed by atoms with Gasteiger partial charge in [-0.1, -0.05) is 0 Å². The van der Waals surface area contributed by atoms with Gasteiger partial charge in [-0.05, 0) is 12.8 Å². The van der Waals surface area contributed by atoms with Crippen LogP contribution in [0, 0.1) is 0 Å². The van der Waals surface area contributed by atoms with Crippen LogP contribution in [0.4, 0.5) is 5.82 Å². The Morgan fingerprint density at radius 2 is 2.04 bits per heavy atom. The maximum atomic E-state index is 13.2. The van der Waals surface area contributed by atoms with Gasteiger partial charge in [0.05, 0.1) is 12.5 Å². The van der Waals surface area contributed by atoms with Gasteiger partial charge in [0.25, 0.3) is 5.91 Å². The van der Waals surface area contributed by atoms with Crippen LogP contribution in [0.3, 0.4) is 0 Å². The zero-order chi connectivity index (χ0) is 18.9. The highest BCUT2D eigenvalue weighted by molar-refractivity contribution is 5.96. The molecule has 9 nitrogen and oxygen atoms in total. The number of aryl methyl sites for hydroxylation is 2. The molecule has 0 atom stereocenters. The fraction of sp³-hybridized carbons (Fsp3) is 0.444. The molecule has 3 aromatic heterocycles. The van der Waals surface area contributed by atoms with Crippen molar-refractivity contribution < 1.29 is 4.79 Å². The second-order valence-electron chi connectivity index (χ2n) is 7.13. The number of carbonyl (C=O) groups excluding carboxylic acids is 1. The van der Waals surface area contributed by atoms with Gasteiger partial charge in [-0.3, -0.25) is 19.1 Å². The lowest BCUT2D eigenvalue weighted by molar-refractivity contribution is -0.127. The van der Waals surface area contributed by atoms with Crippen LogP contribution in [0.1, 0.15) is 18.4 Å². The van der Waals surface area contributed by atoms with E-state index in [1.165, 1.54) is 5.56 Å². The SMILES string of the molecule is Cn1cc(CN2CCC(C(=O)Nc3ccn(C)n3)(n3ccnc3)CC2)cn1. The number of hydrogen-bond donors (Lipinski definition) is 1. The smallest absolute Gasteiger partial charge is 0.251 e. The van der Waals surface area contributed by atoms with E-state index in [9.17, 15) is 4.79 Å². The fourth-order valence-corrected chi connectivity index (χ4v) is 3.72. The molecule has 1 aliphatic rings. The first-order valence-electron chi connectivity index (χ1n) is 9.05. The Hall–Kier alpha value is -2.94. The second kappa shape index (κ2) is 6.99. The summed E-state index contributed by atoms with van der Waals surface area (Å²) in [7, 11) is 3.75. The van der Waals surface area contributed by atoms with Crippen LogP contribution in [0.2, 0.25) is 0 Å². The summed E-state index contributed by atoms with van der Waals surface area (Å²) in [6.45, 7) is 2.49. The van der Waals surface area contributed by atoms with Crippen molar-refractivity contribution in [2.24, 2.45) is 14.1 Å². The molecule has 3 aromatic rings. The van der Waals surface area contributed by atoms with E-state index in [2.05, 4.69) is 25.4 Å². The molecule has 4 rings (SSSR count). The summed E-state index contributed by atoms with van der Waals surface area (Å²) >= 11 is 0. The Morgan fingerprint density at radius 1 is 1.22 bits per heavy atom. The third kappa shape index (κ3) is 3.50. The molecule has 0 aromatic carbocycles. The number of nitrogens with one attached hydrogen (secondary N) is 1. The van der Waals surface area contributed by atoms with Crippen molar-refractivity contribution in [2.45, 2.75) is 24.9 Å². The predicted octanol–water partition coefficient (Wildman–Crippen LogP) is 0.980. The molecule has 0 spiro atoms. The molecular weight excluding hydrogens is 344 g/mol. The van der Waals surface area contributed by atoms with Gasteiger partial charge in [0, 0.05) is 70.1 Å². The molecule has 27 heavy (non-hydrogen) atoms. The van der Waals surface area contributed by atoms with E-state index >= 15 is 0 Å². The van der Waals surface area contributed by atoms with Gasteiger partial charge < -0.3 is 9.88 Å². The summed E-state index contributed by atoms with van der Waals surface area (Å²) in [5.74, 6) is 0.528. The molecule has 0 bridgehead atoms. The van der Waals surface area contributed by atoms with E-state index in [1.807, 2.05) is 48.1 Å². The van der Waals surface area contributed by atoms with Gasteiger partial charge in [0.15, 0.2) is 5.82 Å². The van der Waals surface area contributed by atoms with Gasteiger partial charge in [0.1, 0.15) is 5.54 Å². The summed E-state index contributed by atoms with van der Waals surface area (Å²) in [6, 6.07) is 1.80. The van der Waals surface area contributed by atoms with Crippen molar-refractivity contribution in [1.82, 2.24) is 34.0 Å². The normalized spacial score (nSPS) is 17.1. The monoisotopic (exact) mass is 368 g/mol. The standard InChI is InChI=1S/C18H24N8O/c1-23-7-3-16(22-23)21-17(27)18(26-10-6-19-14-26)4-8-25(9-5-18)13-15-11-20-24(2)12-15/h3,6-7,10-12,14H,4-5,8-9,13H2,1-2H3,(H,21,22,27). The molecule has 0 unspecified atom stereocenters. The lowest BCUT2D eigenvalue weighted by Crippen LogP contribution is -2.52. The lowest BCUT2D eigenvalue weighted by Gasteiger charge is -2.41. The number of carbonyl (C=O) groups is 1. The van der Waals surface area contributed by atoms with Crippen LogP contribution >= 0.6 is 0 Å². The Kier molecular flexibility index (Phi) is 4.53. The van der Waals surface area contributed by atoms with E-state index in [1.54, 1.807) is 23.3 Å². The van der Waals surface area contributed by atoms with Gasteiger partial charge in [0.2, 0.25) is 0 Å². The Bertz CT molecular complexity index is 902. The molecule has 1 amide bonds. The van der Waals surface area contributed by atoms with Crippen molar-refractivity contribution in [3.63, 3.8) is 0 Å². The van der Waals surface area contributed by atoms with Crippen LogP contribution in [0.25, 0.3) is 0 Å². The summed E-state index contributed by atoms with van der Waals surface area (Å²) in [5, 5.41) is 11.5. The van der Waals surface area contributed by atoms with Crippen molar-refractivity contribution in [1.29, 1.82) is 0 Å². The van der Waals surface area contributed by atoms with Gasteiger partial charge in [-0.2, -0.15) is 10.2 Å². The van der Waals surface area contributed by atoms with Crippen LogP contribution in [-0.4, -0.2) is 53.0 Å². The minimum atomic E-state index is -0.653. The number of imidazole rings is 1. The molecule has 142 valence electrons. The molecule has 1 fully saturated rings. The first-order chi connectivity index (χ1) is 13.0. The number of nitrogens with zero attached hydrogens (tertiary/aromatic N) is 7. The predicted molar refractivity (Wildman–Crippen MR) is 99.8 cm³/mol. The van der Waals surface area contributed by atoms with Gasteiger partial charge in [-0.15, -0.1) is 0 Å². The van der Waals surface area contributed by atoms with Gasteiger partial charge >= 0.3 is 0 Å². The molecule has 9 heteroatoms. The van der Waals surface area contributed by atoms with Gasteiger partial charge in [-0.25, -0.2) is 4.98 Å². The number of aromatic nitrogens is 6. The first kappa shape index (κ1) is 17.5. The number of piperidine rings is 1. The summed E-state index contributed by atoms with van der Waals surface area (Å²) in [4.78, 5) is 19.8. The highest BCUT2D eigenvalue weighted by Gasteiger charge is 2.43. The molecule has 0 aliphatic carbocycles. The minimum Gasteiger partial charge on any atom is -0.322 e. The molecule has 1 saturated heterocycles. The number of likely N-dealkylation sites (tertiary alicyclic amines) is 1. The summed E-state index contributed by atoms with van der Waals surface area (Å²) < 4.78 is 5.43. The Morgan fingerprint density at radius 3 is 2.63 bits per heavy atom. The molecule has 0 radical (unpaired) electrons. The van der Waals surface area contributed by atoms with E-state index in [4.69, 9.17) is 0 Å². The fourth-order valence-electron chi connectivity index (χ4n) is 3.72. The quantitative estimate of drug-likeness (QED) is 0.726. The number of anilines is 1. The maximum Gasteiger partial charge on any atom is 0.251 e. The molecule has 1 N–H and O–H groups in total. The van der Waals surface area contributed by atoms with Crippen LogP contribution in [0.5, 0.6) is 0 Å². The lowest BCUT2D eigenvalue weighted by atomic mass is 9.86. The number of rotatable bonds is 5. The highest BCUT2D eigenvalue weighted by atomic mass is 16.2. The minimum absolute atomic E-state index is 0.0415. The van der Waals surface area contributed by atoms with Crippen molar-refractivity contribution >= 4 is 11.7 Å². The highest BCUT2D eigenvalue weighted by Crippen LogP contribution is 2.32. The van der Waals surface area contributed by atoms with Crippen LogP contribution in [-0.2, 0) is 31.0 Å². The largest absolute Gasteiger partial charge is 0.322 e. The molecule has 4 heterocycles. The molecular formula is C18H24N8O. The topological polar surface area (TPSA) is 85.8 Å². The maximum absolute atomic E-state index is 13.2. The van der Waals surface area contributed by atoms with Crippen molar-refractivity contribution in [3.05, 3.63) is 48.9 Å². The third-order valence-corrected chi connectivity index (χ3v) is 5.22. The van der Waals surface area contributed by atoms with E-state index < -0.39 is 5.54 Å². The molecule has 0 saturated carbocycles. The van der Waals surface area contributed by atoms with Crippen LogP contribution < -0.4 is 5.32 Å². The van der Waals surface area contributed by atoms with E-state index in [0.29, 0.717) is 18.7 Å². The van der Waals surface area contributed by atoms with E-state index in [-0.39, 0.29) is 5.91 Å². The second-order valence-corrected chi connectivity index (χ2v) is 7.13. The zero-order valence-electron chi connectivity index (χ0n) is 15.6. The average Bonchev–Trinajstić information content (AvgIpc) is 3.39. The summed E-state index contributed by atoms with van der Waals surface area (Å²) in [6.07, 6.45) is 12.5. The third-order valence-electron chi connectivity index (χ3n) is 5.22. The van der Waals surface area contributed by atoms with Crippen LogP contribution in [0.15, 0.2) is 43.4 Å². The zero-order valence-corrected chi connectivity index (χ0v) is 15.6. The van der Waals surface area contributed by atoms with E-state index in [0.717, 1.165) is 19.6 Å².